The zero-order valence-corrected chi connectivity index (χ0v) is 20.4. The first-order valence-electron chi connectivity index (χ1n) is 9.15. The van der Waals surface area contributed by atoms with Crippen molar-refractivity contribution in [3.63, 3.8) is 0 Å². The number of guanidine groups is 1. The van der Waals surface area contributed by atoms with E-state index in [-0.39, 0.29) is 29.9 Å². The lowest BCUT2D eigenvalue weighted by atomic mass is 10.1. The van der Waals surface area contributed by atoms with Crippen LogP contribution in [0.25, 0.3) is 0 Å². The number of amides is 1. The van der Waals surface area contributed by atoms with Gasteiger partial charge in [0.25, 0.3) is 5.91 Å². The number of hydrogen-bond donors (Lipinski definition) is 3. The van der Waals surface area contributed by atoms with Gasteiger partial charge in [-0.1, -0.05) is 28.9 Å². The second kappa shape index (κ2) is 11.9. The van der Waals surface area contributed by atoms with Gasteiger partial charge in [0.1, 0.15) is 0 Å². The summed E-state index contributed by atoms with van der Waals surface area (Å²) >= 11 is 3.38. The van der Waals surface area contributed by atoms with Crippen LogP contribution < -0.4 is 16.0 Å². The van der Waals surface area contributed by atoms with Gasteiger partial charge in [0.15, 0.2) is 5.96 Å². The summed E-state index contributed by atoms with van der Waals surface area (Å²) in [4.78, 5) is 18.9. The minimum absolute atomic E-state index is 0. The van der Waals surface area contributed by atoms with Gasteiger partial charge in [-0.3, -0.25) is 14.7 Å². The summed E-state index contributed by atoms with van der Waals surface area (Å²) in [5.74, 6) is 1.28. The van der Waals surface area contributed by atoms with E-state index in [1.807, 2.05) is 18.2 Å². The summed E-state index contributed by atoms with van der Waals surface area (Å²) in [7, 11) is 1.77. The molecule has 6 nitrogen and oxygen atoms in total. The van der Waals surface area contributed by atoms with E-state index in [0.717, 1.165) is 23.5 Å². The normalized spacial score (nSPS) is 20.3. The maximum Gasteiger partial charge on any atom is 0.251 e. The summed E-state index contributed by atoms with van der Waals surface area (Å²) < 4.78 is 0.897. The van der Waals surface area contributed by atoms with Crippen molar-refractivity contribution in [2.75, 3.05) is 33.2 Å². The smallest absolute Gasteiger partial charge is 0.251 e. The lowest BCUT2D eigenvalue weighted by Gasteiger charge is -2.22. The first-order valence-corrected chi connectivity index (χ1v) is 9.95. The van der Waals surface area contributed by atoms with Gasteiger partial charge in [-0.05, 0) is 38.0 Å². The molecular weight excluding hydrogens is 521 g/mol. The van der Waals surface area contributed by atoms with E-state index in [9.17, 15) is 4.79 Å². The molecule has 1 aliphatic rings. The Balaban J connectivity index is 0.00000364. The molecule has 2 rings (SSSR count). The second-order valence-electron chi connectivity index (χ2n) is 7.04. The minimum atomic E-state index is -0.0759. The third-order valence-corrected chi connectivity index (χ3v) is 5.20. The van der Waals surface area contributed by atoms with Gasteiger partial charge in [-0.15, -0.1) is 24.0 Å². The van der Waals surface area contributed by atoms with Crippen LogP contribution in [0.1, 0.15) is 31.1 Å². The van der Waals surface area contributed by atoms with Gasteiger partial charge >= 0.3 is 0 Å². The molecule has 0 bridgehead atoms. The van der Waals surface area contributed by atoms with E-state index in [1.165, 1.54) is 0 Å². The average Bonchev–Trinajstić information content (AvgIpc) is 2.98. The molecule has 8 heteroatoms. The van der Waals surface area contributed by atoms with Crippen LogP contribution in [-0.2, 0) is 0 Å². The summed E-state index contributed by atoms with van der Waals surface area (Å²) in [5, 5.41) is 9.70. The van der Waals surface area contributed by atoms with Crippen LogP contribution in [0.4, 0.5) is 0 Å². The third-order valence-electron chi connectivity index (χ3n) is 4.71. The van der Waals surface area contributed by atoms with E-state index in [0.29, 0.717) is 36.7 Å². The quantitative estimate of drug-likeness (QED) is 0.220. The molecule has 1 amide bonds. The Bertz CT molecular complexity index is 640. The van der Waals surface area contributed by atoms with Crippen LogP contribution >= 0.6 is 39.9 Å². The fraction of sp³-hybridized carbons (Fsp3) is 0.579. The number of rotatable bonds is 6. The lowest BCUT2D eigenvalue weighted by Crippen LogP contribution is -2.48. The molecule has 0 spiro atoms. The van der Waals surface area contributed by atoms with E-state index >= 15 is 0 Å². The van der Waals surface area contributed by atoms with Crippen LogP contribution in [-0.4, -0.2) is 62.1 Å². The fourth-order valence-corrected chi connectivity index (χ4v) is 3.47. The Morgan fingerprint density at radius 3 is 2.59 bits per heavy atom. The lowest BCUT2D eigenvalue weighted by molar-refractivity contribution is 0.0954. The van der Waals surface area contributed by atoms with Crippen LogP contribution in [0.3, 0.4) is 0 Å². The Labute approximate surface area is 188 Å². The molecule has 0 aromatic heterocycles. The highest BCUT2D eigenvalue weighted by atomic mass is 127. The summed E-state index contributed by atoms with van der Waals surface area (Å²) in [6, 6.07) is 8.32. The molecule has 152 valence electrons. The highest BCUT2D eigenvalue weighted by Crippen LogP contribution is 2.18. The molecular formula is C19H31BrIN5O. The number of benzene rings is 1. The largest absolute Gasteiger partial charge is 0.355 e. The number of carbonyl (C=O) groups excluding carboxylic acids is 1. The van der Waals surface area contributed by atoms with Gasteiger partial charge < -0.3 is 16.0 Å². The monoisotopic (exact) mass is 551 g/mol. The molecule has 3 N–H and O–H groups in total. The zero-order chi connectivity index (χ0) is 19.1. The average molecular weight is 552 g/mol. The van der Waals surface area contributed by atoms with Gasteiger partial charge in [0.05, 0.1) is 0 Å². The molecule has 0 saturated carbocycles. The minimum Gasteiger partial charge on any atom is -0.355 e. The molecule has 1 saturated heterocycles. The highest BCUT2D eigenvalue weighted by Gasteiger charge is 2.31. The summed E-state index contributed by atoms with van der Waals surface area (Å²) in [6.45, 7) is 10.0. The molecule has 2 unspecified atom stereocenters. The first kappa shape index (κ1) is 24.2. The molecule has 2 atom stereocenters. The number of nitrogens with one attached hydrogen (secondary N) is 3. The number of hydrogen-bond acceptors (Lipinski definition) is 3. The van der Waals surface area contributed by atoms with Gasteiger partial charge in [0, 0.05) is 55.3 Å². The van der Waals surface area contributed by atoms with Crippen molar-refractivity contribution >= 4 is 51.8 Å². The van der Waals surface area contributed by atoms with E-state index in [4.69, 9.17) is 0 Å². The van der Waals surface area contributed by atoms with Crippen molar-refractivity contribution in [2.24, 2.45) is 10.9 Å². The maximum absolute atomic E-state index is 12.1. The van der Waals surface area contributed by atoms with Crippen LogP contribution in [0, 0.1) is 5.92 Å². The highest BCUT2D eigenvalue weighted by molar-refractivity contribution is 14.0. The SMILES string of the molecule is CN=C(NCCNC(=O)c1cccc(Br)c1)NC1CN(C(C)C)CC1C.I. The van der Waals surface area contributed by atoms with E-state index in [2.05, 4.69) is 62.5 Å². The molecule has 0 aliphatic carbocycles. The van der Waals surface area contributed by atoms with Crippen molar-refractivity contribution in [1.29, 1.82) is 0 Å². The van der Waals surface area contributed by atoms with Crippen LogP contribution in [0.2, 0.25) is 0 Å². The van der Waals surface area contributed by atoms with Crippen molar-refractivity contribution in [1.82, 2.24) is 20.9 Å². The van der Waals surface area contributed by atoms with Crippen molar-refractivity contribution < 1.29 is 4.79 Å². The summed E-state index contributed by atoms with van der Waals surface area (Å²) in [5.41, 5.74) is 0.649. The first-order chi connectivity index (χ1) is 12.4. The Morgan fingerprint density at radius 1 is 1.30 bits per heavy atom. The maximum atomic E-state index is 12.1. The van der Waals surface area contributed by atoms with Crippen molar-refractivity contribution in [3.8, 4) is 0 Å². The predicted octanol–water partition coefficient (Wildman–Crippen LogP) is 2.69. The van der Waals surface area contributed by atoms with E-state index < -0.39 is 0 Å². The number of likely N-dealkylation sites (tertiary alicyclic amines) is 1. The van der Waals surface area contributed by atoms with Gasteiger partial charge in [0.2, 0.25) is 0 Å². The standard InChI is InChI=1S/C19H30BrN5O.HI/c1-13(2)25-11-14(3)17(12-25)24-19(21-4)23-9-8-22-18(26)15-6-5-7-16(20)10-15;/h5-7,10,13-14,17H,8-9,11-12H2,1-4H3,(H,22,26)(H2,21,23,24);1H. The topological polar surface area (TPSA) is 68.8 Å². The number of carbonyl (C=O) groups is 1. The predicted molar refractivity (Wildman–Crippen MR) is 126 cm³/mol. The molecule has 1 aromatic carbocycles. The second-order valence-corrected chi connectivity index (χ2v) is 7.96. The fourth-order valence-electron chi connectivity index (χ4n) is 3.07. The Hall–Kier alpha value is -0.870. The third kappa shape index (κ3) is 7.57. The molecule has 1 aromatic rings. The summed E-state index contributed by atoms with van der Waals surface area (Å²) in [6.07, 6.45) is 0. The number of aliphatic imine (C=N–C) groups is 1. The van der Waals surface area contributed by atoms with Gasteiger partial charge in [-0.2, -0.15) is 0 Å². The van der Waals surface area contributed by atoms with Gasteiger partial charge in [-0.25, -0.2) is 0 Å². The number of halogens is 2. The Kier molecular flexibility index (Phi) is 10.6. The van der Waals surface area contributed by atoms with Crippen molar-refractivity contribution in [3.05, 3.63) is 34.3 Å². The van der Waals surface area contributed by atoms with Crippen LogP contribution in [0.15, 0.2) is 33.7 Å². The van der Waals surface area contributed by atoms with Crippen LogP contribution in [0.5, 0.6) is 0 Å². The number of nitrogens with zero attached hydrogens (tertiary/aromatic N) is 2. The van der Waals surface area contributed by atoms with Crippen molar-refractivity contribution in [2.45, 2.75) is 32.9 Å². The Morgan fingerprint density at radius 2 is 2.00 bits per heavy atom. The molecule has 1 aliphatic heterocycles. The van der Waals surface area contributed by atoms with E-state index in [1.54, 1.807) is 13.1 Å². The molecule has 0 radical (unpaired) electrons. The molecule has 27 heavy (non-hydrogen) atoms. The zero-order valence-electron chi connectivity index (χ0n) is 16.5. The molecule has 1 heterocycles. The molecule has 1 fully saturated rings.